The highest BCUT2D eigenvalue weighted by atomic mass is 32.2. The molecule has 4 heteroatoms. The Morgan fingerprint density at radius 3 is 2.79 bits per heavy atom. The van der Waals surface area contributed by atoms with Crippen molar-refractivity contribution in [1.29, 1.82) is 0 Å². The summed E-state index contributed by atoms with van der Waals surface area (Å²) in [6.45, 7) is 0.826. The van der Waals surface area contributed by atoms with Gasteiger partial charge in [0.2, 0.25) is 0 Å². The standard InChI is InChI=1S/C10H19N3S/c1-13-8-7-12-10(13)14-9-5-3-2-4-6-11/h7-8H,2-6,9,11H2,1H3. The van der Waals surface area contributed by atoms with Crippen LogP contribution < -0.4 is 5.73 Å². The Morgan fingerprint density at radius 1 is 1.36 bits per heavy atom. The molecular weight excluding hydrogens is 194 g/mol. The lowest BCUT2D eigenvalue weighted by Gasteiger charge is -2.01. The Morgan fingerprint density at radius 2 is 2.14 bits per heavy atom. The molecule has 1 aromatic rings. The van der Waals surface area contributed by atoms with Gasteiger partial charge in [0, 0.05) is 25.2 Å². The van der Waals surface area contributed by atoms with Crippen LogP contribution in [0, 0.1) is 0 Å². The number of hydrogen-bond acceptors (Lipinski definition) is 3. The van der Waals surface area contributed by atoms with Crippen LogP contribution in [0.4, 0.5) is 0 Å². The van der Waals surface area contributed by atoms with Gasteiger partial charge in [-0.1, -0.05) is 24.6 Å². The van der Waals surface area contributed by atoms with E-state index in [0.29, 0.717) is 0 Å². The number of rotatable bonds is 7. The van der Waals surface area contributed by atoms with Gasteiger partial charge in [0.1, 0.15) is 0 Å². The summed E-state index contributed by atoms with van der Waals surface area (Å²) >= 11 is 1.83. The minimum Gasteiger partial charge on any atom is -0.330 e. The minimum absolute atomic E-state index is 0.826. The van der Waals surface area contributed by atoms with Crippen molar-refractivity contribution >= 4 is 11.8 Å². The topological polar surface area (TPSA) is 43.8 Å². The van der Waals surface area contributed by atoms with Gasteiger partial charge in [-0.2, -0.15) is 0 Å². The Hall–Kier alpha value is -0.480. The zero-order valence-corrected chi connectivity index (χ0v) is 9.59. The fraction of sp³-hybridized carbons (Fsp3) is 0.700. The summed E-state index contributed by atoms with van der Waals surface area (Å²) in [6.07, 6.45) is 8.80. The molecule has 0 saturated heterocycles. The van der Waals surface area contributed by atoms with E-state index in [1.807, 2.05) is 31.2 Å². The summed E-state index contributed by atoms with van der Waals surface area (Å²) in [7, 11) is 2.03. The average Bonchev–Trinajstić information content (AvgIpc) is 2.58. The minimum atomic E-state index is 0.826. The normalized spacial score (nSPS) is 10.7. The highest BCUT2D eigenvalue weighted by molar-refractivity contribution is 7.99. The molecule has 1 aromatic heterocycles. The van der Waals surface area contributed by atoms with E-state index < -0.39 is 0 Å². The van der Waals surface area contributed by atoms with Gasteiger partial charge in [-0.3, -0.25) is 0 Å². The lowest BCUT2D eigenvalue weighted by atomic mass is 10.2. The predicted octanol–water partition coefficient (Wildman–Crippen LogP) is 2.03. The molecule has 0 spiro atoms. The molecule has 2 N–H and O–H groups in total. The zero-order chi connectivity index (χ0) is 10.2. The molecule has 0 aliphatic heterocycles. The summed E-state index contributed by atoms with van der Waals surface area (Å²) in [6, 6.07) is 0. The van der Waals surface area contributed by atoms with Gasteiger partial charge in [0.25, 0.3) is 0 Å². The summed E-state index contributed by atoms with van der Waals surface area (Å²) < 4.78 is 2.06. The Balaban J connectivity index is 2.02. The van der Waals surface area contributed by atoms with Gasteiger partial charge >= 0.3 is 0 Å². The monoisotopic (exact) mass is 213 g/mol. The van der Waals surface area contributed by atoms with Gasteiger partial charge in [-0.25, -0.2) is 4.98 Å². The van der Waals surface area contributed by atoms with Crippen LogP contribution in [0.25, 0.3) is 0 Å². The molecule has 0 aliphatic carbocycles. The molecule has 0 bridgehead atoms. The van der Waals surface area contributed by atoms with Crippen LogP contribution in [0.5, 0.6) is 0 Å². The second-order valence-corrected chi connectivity index (χ2v) is 4.43. The molecule has 0 unspecified atom stereocenters. The second-order valence-electron chi connectivity index (χ2n) is 3.37. The first kappa shape index (κ1) is 11.6. The maximum atomic E-state index is 5.42. The first-order valence-electron chi connectivity index (χ1n) is 5.15. The molecule has 0 aromatic carbocycles. The highest BCUT2D eigenvalue weighted by Gasteiger charge is 1.98. The highest BCUT2D eigenvalue weighted by Crippen LogP contribution is 2.16. The van der Waals surface area contributed by atoms with E-state index in [1.165, 1.54) is 19.3 Å². The first-order chi connectivity index (χ1) is 6.84. The third-order valence-corrected chi connectivity index (χ3v) is 3.25. The molecule has 80 valence electrons. The van der Waals surface area contributed by atoms with Gasteiger partial charge in [-0.15, -0.1) is 0 Å². The van der Waals surface area contributed by atoms with Crippen LogP contribution in [0.1, 0.15) is 25.7 Å². The predicted molar refractivity (Wildman–Crippen MR) is 61.5 cm³/mol. The van der Waals surface area contributed by atoms with Crippen LogP contribution >= 0.6 is 11.8 Å². The van der Waals surface area contributed by atoms with Crippen LogP contribution in [0.2, 0.25) is 0 Å². The van der Waals surface area contributed by atoms with Gasteiger partial charge in [0.05, 0.1) is 0 Å². The largest absolute Gasteiger partial charge is 0.330 e. The van der Waals surface area contributed by atoms with E-state index >= 15 is 0 Å². The van der Waals surface area contributed by atoms with Crippen molar-refractivity contribution in [3.8, 4) is 0 Å². The molecule has 1 rings (SSSR count). The Kier molecular flexibility index (Phi) is 5.71. The smallest absolute Gasteiger partial charge is 0.167 e. The van der Waals surface area contributed by atoms with Crippen LogP contribution in [0.3, 0.4) is 0 Å². The third kappa shape index (κ3) is 4.15. The van der Waals surface area contributed by atoms with Gasteiger partial charge < -0.3 is 10.3 Å². The molecule has 3 nitrogen and oxygen atoms in total. The van der Waals surface area contributed by atoms with Crippen molar-refractivity contribution in [2.75, 3.05) is 12.3 Å². The van der Waals surface area contributed by atoms with Gasteiger partial charge in [-0.05, 0) is 19.4 Å². The summed E-state index contributed by atoms with van der Waals surface area (Å²) in [5.74, 6) is 1.16. The fourth-order valence-electron chi connectivity index (χ4n) is 1.25. The summed E-state index contributed by atoms with van der Waals surface area (Å²) in [5, 5.41) is 1.11. The number of aromatic nitrogens is 2. The SMILES string of the molecule is Cn1ccnc1SCCCCCCN. The van der Waals surface area contributed by atoms with Crippen molar-refractivity contribution < 1.29 is 0 Å². The molecule has 0 saturated carbocycles. The zero-order valence-electron chi connectivity index (χ0n) is 8.78. The van der Waals surface area contributed by atoms with Crippen molar-refractivity contribution in [3.63, 3.8) is 0 Å². The number of unbranched alkanes of at least 4 members (excludes halogenated alkanes) is 3. The Labute approximate surface area is 90.1 Å². The van der Waals surface area contributed by atoms with E-state index in [9.17, 15) is 0 Å². The van der Waals surface area contributed by atoms with Crippen molar-refractivity contribution in [3.05, 3.63) is 12.4 Å². The molecule has 0 radical (unpaired) electrons. The average molecular weight is 213 g/mol. The Bertz CT molecular complexity index is 247. The molecule has 14 heavy (non-hydrogen) atoms. The van der Waals surface area contributed by atoms with E-state index in [1.54, 1.807) is 0 Å². The van der Waals surface area contributed by atoms with E-state index in [2.05, 4.69) is 9.55 Å². The summed E-state index contributed by atoms with van der Waals surface area (Å²) in [4.78, 5) is 4.26. The van der Waals surface area contributed by atoms with Crippen LogP contribution in [0.15, 0.2) is 17.6 Å². The van der Waals surface area contributed by atoms with Crippen molar-refractivity contribution in [1.82, 2.24) is 9.55 Å². The lowest BCUT2D eigenvalue weighted by Crippen LogP contribution is -1.97. The maximum absolute atomic E-state index is 5.42. The number of thioether (sulfide) groups is 1. The van der Waals surface area contributed by atoms with Crippen LogP contribution in [-0.2, 0) is 7.05 Å². The second kappa shape index (κ2) is 6.90. The van der Waals surface area contributed by atoms with E-state index in [0.717, 1.165) is 23.9 Å². The number of hydrogen-bond donors (Lipinski definition) is 1. The quantitative estimate of drug-likeness (QED) is 0.557. The molecule has 0 aliphatic rings. The molecule has 1 heterocycles. The molecular formula is C10H19N3S. The van der Waals surface area contributed by atoms with E-state index in [-0.39, 0.29) is 0 Å². The maximum Gasteiger partial charge on any atom is 0.167 e. The molecule has 0 atom stereocenters. The molecule has 0 fully saturated rings. The van der Waals surface area contributed by atoms with E-state index in [4.69, 9.17) is 5.73 Å². The fourth-order valence-corrected chi connectivity index (χ4v) is 2.19. The number of nitrogens with zero attached hydrogens (tertiary/aromatic N) is 2. The lowest BCUT2D eigenvalue weighted by molar-refractivity contribution is 0.677. The van der Waals surface area contributed by atoms with Crippen LogP contribution in [-0.4, -0.2) is 21.8 Å². The van der Waals surface area contributed by atoms with Crippen molar-refractivity contribution in [2.45, 2.75) is 30.8 Å². The molecule has 0 amide bonds. The summed E-state index contributed by atoms with van der Waals surface area (Å²) in [5.41, 5.74) is 5.42. The number of imidazole rings is 1. The van der Waals surface area contributed by atoms with Gasteiger partial charge in [0.15, 0.2) is 5.16 Å². The van der Waals surface area contributed by atoms with Crippen molar-refractivity contribution in [2.24, 2.45) is 12.8 Å². The number of aryl methyl sites for hydroxylation is 1. The third-order valence-electron chi connectivity index (χ3n) is 2.11. The number of nitrogens with two attached hydrogens (primary N) is 1. The first-order valence-corrected chi connectivity index (χ1v) is 6.13.